The van der Waals surface area contributed by atoms with Crippen LogP contribution in [-0.2, 0) is 11.2 Å². The Kier molecular flexibility index (Phi) is 6.43. The second-order valence-electron chi connectivity index (χ2n) is 6.27. The van der Waals surface area contributed by atoms with E-state index in [1.54, 1.807) is 12.1 Å². The third kappa shape index (κ3) is 5.38. The van der Waals surface area contributed by atoms with Gasteiger partial charge in [0.2, 0.25) is 16.8 Å². The Labute approximate surface area is 185 Å². The maximum absolute atomic E-state index is 12.3. The lowest BCUT2D eigenvalue weighted by molar-refractivity contribution is -0.113. The van der Waals surface area contributed by atoms with Crippen LogP contribution in [0.15, 0.2) is 62.0 Å². The molecule has 0 radical (unpaired) electrons. The minimum Gasteiger partial charge on any atom is -0.461 e. The van der Waals surface area contributed by atoms with Crippen LogP contribution in [0.2, 0.25) is 0 Å². The van der Waals surface area contributed by atoms with E-state index in [-0.39, 0.29) is 17.4 Å². The first-order valence-electron chi connectivity index (χ1n) is 9.27. The summed E-state index contributed by atoms with van der Waals surface area (Å²) in [6, 6.07) is 12.6. The summed E-state index contributed by atoms with van der Waals surface area (Å²) >= 11 is 2.40. The van der Waals surface area contributed by atoms with E-state index >= 15 is 0 Å². The third-order valence-electron chi connectivity index (χ3n) is 4.11. The Bertz CT molecular complexity index is 1170. The number of benzene rings is 1. The number of amides is 2. The zero-order chi connectivity index (χ0) is 21.6. The van der Waals surface area contributed by atoms with Crippen LogP contribution >= 0.6 is 23.1 Å². The van der Waals surface area contributed by atoms with Crippen LogP contribution in [0, 0.1) is 0 Å². The highest BCUT2D eigenvalue weighted by atomic mass is 32.2. The zero-order valence-corrected chi connectivity index (χ0v) is 18.0. The van der Waals surface area contributed by atoms with Gasteiger partial charge in [-0.05, 0) is 36.2 Å². The van der Waals surface area contributed by atoms with Crippen molar-refractivity contribution in [3.05, 3.63) is 60.0 Å². The van der Waals surface area contributed by atoms with E-state index in [0.717, 1.165) is 12.1 Å². The van der Waals surface area contributed by atoms with Crippen molar-refractivity contribution in [1.82, 2.24) is 15.4 Å². The van der Waals surface area contributed by atoms with E-state index in [2.05, 4.69) is 32.9 Å². The minimum atomic E-state index is -0.484. The second kappa shape index (κ2) is 9.58. The number of hydrogen-bond acceptors (Lipinski definition) is 9. The van der Waals surface area contributed by atoms with Crippen LogP contribution in [0.4, 0.5) is 10.8 Å². The molecule has 2 amide bonds. The van der Waals surface area contributed by atoms with Crippen molar-refractivity contribution in [1.29, 1.82) is 0 Å². The summed E-state index contributed by atoms with van der Waals surface area (Å²) in [5.41, 5.74) is 2.04. The Morgan fingerprint density at radius 1 is 1.10 bits per heavy atom. The summed E-state index contributed by atoms with van der Waals surface area (Å²) < 4.78 is 10.9. The van der Waals surface area contributed by atoms with Gasteiger partial charge in [-0.1, -0.05) is 47.3 Å². The van der Waals surface area contributed by atoms with Crippen LogP contribution in [0.5, 0.6) is 0 Å². The van der Waals surface area contributed by atoms with Crippen LogP contribution in [0.25, 0.3) is 11.5 Å². The largest absolute Gasteiger partial charge is 0.461 e. The average molecular weight is 456 g/mol. The normalized spacial score (nSPS) is 10.7. The molecule has 3 aromatic heterocycles. The van der Waals surface area contributed by atoms with E-state index in [1.807, 2.05) is 24.3 Å². The molecular formula is C20H17N5O4S2. The van der Waals surface area contributed by atoms with E-state index in [0.29, 0.717) is 21.0 Å². The molecule has 0 fully saturated rings. The Balaban J connectivity index is 1.28. The molecule has 0 saturated heterocycles. The number of aromatic nitrogens is 3. The van der Waals surface area contributed by atoms with Gasteiger partial charge in [0.1, 0.15) is 0 Å². The van der Waals surface area contributed by atoms with Gasteiger partial charge in [-0.2, -0.15) is 0 Å². The van der Waals surface area contributed by atoms with Gasteiger partial charge >= 0.3 is 0 Å². The first-order chi connectivity index (χ1) is 15.1. The van der Waals surface area contributed by atoms with Crippen molar-refractivity contribution in [3.63, 3.8) is 0 Å². The molecule has 9 nitrogen and oxygen atoms in total. The Hall–Kier alpha value is -3.44. The lowest BCUT2D eigenvalue weighted by Gasteiger charge is -2.05. The number of hydrogen-bond donors (Lipinski definition) is 2. The van der Waals surface area contributed by atoms with Gasteiger partial charge in [-0.25, -0.2) is 0 Å². The van der Waals surface area contributed by atoms with Gasteiger partial charge in [-0.15, -0.1) is 10.2 Å². The van der Waals surface area contributed by atoms with Gasteiger partial charge < -0.3 is 14.3 Å². The fourth-order valence-electron chi connectivity index (χ4n) is 2.55. The number of furan rings is 1. The van der Waals surface area contributed by atoms with Crippen molar-refractivity contribution in [2.75, 3.05) is 16.4 Å². The predicted octanol–water partition coefficient (Wildman–Crippen LogP) is 4.33. The molecule has 0 saturated carbocycles. The number of aryl methyl sites for hydroxylation is 1. The van der Waals surface area contributed by atoms with Crippen LogP contribution in [0.1, 0.15) is 23.0 Å². The fraction of sp³-hybridized carbons (Fsp3) is 0.150. The van der Waals surface area contributed by atoms with Crippen molar-refractivity contribution in [2.24, 2.45) is 0 Å². The van der Waals surface area contributed by atoms with Gasteiger partial charge in [0.15, 0.2) is 15.8 Å². The van der Waals surface area contributed by atoms with E-state index in [4.69, 9.17) is 8.94 Å². The molecule has 3 heterocycles. The molecule has 0 atom stereocenters. The van der Waals surface area contributed by atoms with Gasteiger partial charge in [0.05, 0.1) is 12.0 Å². The smallest absolute Gasteiger partial charge is 0.279 e. The predicted molar refractivity (Wildman–Crippen MR) is 117 cm³/mol. The highest BCUT2D eigenvalue weighted by molar-refractivity contribution is 8.01. The molecule has 31 heavy (non-hydrogen) atoms. The molecule has 0 aliphatic heterocycles. The number of nitrogens with one attached hydrogen (secondary N) is 2. The highest BCUT2D eigenvalue weighted by Crippen LogP contribution is 2.26. The number of carbonyl (C=O) groups is 2. The minimum absolute atomic E-state index is 0.0873. The Morgan fingerprint density at radius 2 is 1.94 bits per heavy atom. The fourth-order valence-corrected chi connectivity index (χ4v) is 4.09. The topological polar surface area (TPSA) is 123 Å². The summed E-state index contributed by atoms with van der Waals surface area (Å²) in [7, 11) is 0. The summed E-state index contributed by atoms with van der Waals surface area (Å²) in [5.74, 6) is 0.360. The first kappa shape index (κ1) is 20.8. The van der Waals surface area contributed by atoms with Crippen LogP contribution in [0.3, 0.4) is 0 Å². The molecule has 0 aliphatic carbocycles. The maximum Gasteiger partial charge on any atom is 0.279 e. The van der Waals surface area contributed by atoms with Crippen molar-refractivity contribution < 1.29 is 18.5 Å². The third-order valence-corrected chi connectivity index (χ3v) is 6.08. The number of rotatable bonds is 8. The van der Waals surface area contributed by atoms with Crippen molar-refractivity contribution in [3.8, 4) is 11.5 Å². The van der Waals surface area contributed by atoms with Gasteiger partial charge in [-0.3, -0.25) is 14.9 Å². The number of anilines is 2. The number of thioether (sulfide) groups is 1. The van der Waals surface area contributed by atoms with Crippen LogP contribution in [-0.4, -0.2) is 32.9 Å². The Morgan fingerprint density at radius 3 is 2.68 bits per heavy atom. The molecule has 2 N–H and O–H groups in total. The molecule has 0 spiro atoms. The maximum atomic E-state index is 12.3. The number of nitrogens with zero attached hydrogens (tertiary/aromatic N) is 3. The molecular weight excluding hydrogens is 438 g/mol. The first-order valence-corrected chi connectivity index (χ1v) is 11.1. The average Bonchev–Trinajstić information content (AvgIpc) is 3.54. The van der Waals surface area contributed by atoms with Gasteiger partial charge in [0, 0.05) is 11.8 Å². The number of carbonyl (C=O) groups excluding carboxylic acids is 2. The zero-order valence-electron chi connectivity index (χ0n) is 16.3. The van der Waals surface area contributed by atoms with Gasteiger partial charge in [0.25, 0.3) is 5.91 Å². The molecule has 11 heteroatoms. The quantitative estimate of drug-likeness (QED) is 0.297. The molecule has 4 aromatic rings. The molecule has 0 bridgehead atoms. The molecule has 0 unspecified atom stereocenters. The van der Waals surface area contributed by atoms with E-state index in [9.17, 15) is 9.59 Å². The van der Waals surface area contributed by atoms with E-state index in [1.165, 1.54) is 41.0 Å². The highest BCUT2D eigenvalue weighted by Gasteiger charge is 2.17. The van der Waals surface area contributed by atoms with Crippen molar-refractivity contribution in [2.45, 2.75) is 17.7 Å². The summed E-state index contributed by atoms with van der Waals surface area (Å²) in [5, 5.41) is 17.4. The SMILES string of the molecule is CCc1ccc(NC(=O)CSc2nnc(NC(=O)c3cc(-c4ccco4)on3)s2)cc1. The van der Waals surface area contributed by atoms with Crippen LogP contribution < -0.4 is 10.6 Å². The van der Waals surface area contributed by atoms with E-state index < -0.39 is 5.91 Å². The second-order valence-corrected chi connectivity index (χ2v) is 8.47. The lowest BCUT2D eigenvalue weighted by atomic mass is 10.1. The van der Waals surface area contributed by atoms with Crippen molar-refractivity contribution >= 4 is 45.7 Å². The monoisotopic (exact) mass is 455 g/mol. The lowest BCUT2D eigenvalue weighted by Crippen LogP contribution is -2.13. The standard InChI is InChI=1S/C20H17N5O4S2/c1-2-12-5-7-13(8-6-12)21-17(26)11-30-20-24-23-19(31-20)22-18(27)14-10-16(29-25-14)15-4-3-9-28-15/h3-10H,2,11H2,1H3,(H,21,26)(H,22,23,27). The molecule has 0 aliphatic rings. The molecule has 4 rings (SSSR count). The summed E-state index contributed by atoms with van der Waals surface area (Å²) in [6.45, 7) is 2.08. The molecule has 1 aromatic carbocycles. The summed E-state index contributed by atoms with van der Waals surface area (Å²) in [4.78, 5) is 24.5. The summed E-state index contributed by atoms with van der Waals surface area (Å²) in [6.07, 6.45) is 2.45. The molecule has 158 valence electrons.